The molecule has 0 atom stereocenters. The molecule has 0 saturated carbocycles. The molecule has 3 rings (SSSR count). The maximum absolute atomic E-state index is 5.38. The topological polar surface area (TPSA) is 47.9 Å². The van der Waals surface area contributed by atoms with Crippen molar-refractivity contribution in [1.82, 2.24) is 15.0 Å². The zero-order valence-electron chi connectivity index (χ0n) is 15.7. The predicted octanol–water partition coefficient (Wildman–Crippen LogP) is 3.38. The summed E-state index contributed by atoms with van der Waals surface area (Å²) in [6.45, 7) is 6.09. The minimum absolute atomic E-state index is 0.636. The van der Waals surface area contributed by atoms with Crippen molar-refractivity contribution in [3.05, 3.63) is 58.7 Å². The molecule has 0 saturated heterocycles. The van der Waals surface area contributed by atoms with Crippen molar-refractivity contribution in [1.29, 1.82) is 0 Å². The van der Waals surface area contributed by atoms with Crippen molar-refractivity contribution in [3.63, 3.8) is 0 Å². The zero-order valence-corrected chi connectivity index (χ0v) is 15.7. The van der Waals surface area contributed by atoms with Crippen LogP contribution in [0.15, 0.2) is 42.5 Å². The number of aryl methyl sites for hydroxylation is 1. The summed E-state index contributed by atoms with van der Waals surface area (Å²) < 4.78 is 5.38. The highest BCUT2D eigenvalue weighted by Crippen LogP contribution is 2.21. The van der Waals surface area contributed by atoms with E-state index in [0.29, 0.717) is 5.82 Å². The summed E-state index contributed by atoms with van der Waals surface area (Å²) in [6.07, 6.45) is 4.93. The van der Waals surface area contributed by atoms with Gasteiger partial charge in [-0.15, -0.1) is 0 Å². The number of pyridine rings is 1. The summed E-state index contributed by atoms with van der Waals surface area (Å²) in [5.74, 6) is 1.44. The lowest BCUT2D eigenvalue weighted by Crippen LogP contribution is -2.31. The van der Waals surface area contributed by atoms with Gasteiger partial charge in [-0.25, -0.2) is 15.0 Å². The summed E-state index contributed by atoms with van der Waals surface area (Å²) in [6, 6.07) is 13.9. The monoisotopic (exact) mass is 345 g/mol. The van der Waals surface area contributed by atoms with Crippen LogP contribution in [-0.2, 0) is 6.42 Å². The quantitative estimate of drug-likeness (QED) is 0.727. The van der Waals surface area contributed by atoms with E-state index < -0.39 is 0 Å². The number of aromatic nitrogens is 3. The average molecular weight is 345 g/mol. The average Bonchev–Trinajstić information content (AvgIpc) is 2.72. The van der Waals surface area contributed by atoms with Crippen molar-refractivity contribution in [2.24, 2.45) is 0 Å². The number of hydrogen-bond acceptors (Lipinski definition) is 4. The number of hydrogen-bond donors (Lipinski definition) is 0. The van der Waals surface area contributed by atoms with E-state index in [1.807, 2.05) is 68.5 Å². The lowest BCUT2D eigenvalue weighted by Gasteiger charge is -2.09. The van der Waals surface area contributed by atoms with E-state index in [1.165, 1.54) is 0 Å². The molecule has 0 amide bonds. The summed E-state index contributed by atoms with van der Waals surface area (Å²) >= 11 is 0. The third-order valence-corrected chi connectivity index (χ3v) is 4.28. The lowest BCUT2D eigenvalue weighted by molar-refractivity contribution is 0.415. The molecule has 0 fully saturated rings. The number of methoxy groups -OCH3 is 1. The van der Waals surface area contributed by atoms with E-state index in [1.54, 1.807) is 7.11 Å². The third kappa shape index (κ3) is 3.49. The largest absolute Gasteiger partial charge is 0.497 e. The molecule has 0 radical (unpaired) electrons. The van der Waals surface area contributed by atoms with Crippen LogP contribution in [0.5, 0.6) is 5.75 Å². The van der Waals surface area contributed by atoms with Gasteiger partial charge in [-0.05, 0) is 44.5 Å². The predicted molar refractivity (Wildman–Crippen MR) is 106 cm³/mol. The van der Waals surface area contributed by atoms with Gasteiger partial charge >= 0.3 is 0 Å². The Kier molecular flexibility index (Phi) is 5.42. The van der Waals surface area contributed by atoms with Crippen molar-refractivity contribution in [2.45, 2.75) is 27.2 Å². The molecule has 0 N–H and O–H groups in total. The normalized spacial score (nSPS) is 12.5. The first-order valence-electron chi connectivity index (χ1n) is 8.81. The van der Waals surface area contributed by atoms with Crippen LogP contribution in [0.1, 0.15) is 26.5 Å². The second-order valence-corrected chi connectivity index (χ2v) is 5.87. The first-order chi connectivity index (χ1) is 12.7. The first kappa shape index (κ1) is 17.8. The van der Waals surface area contributed by atoms with Crippen molar-refractivity contribution < 1.29 is 4.74 Å². The second-order valence-electron chi connectivity index (χ2n) is 5.87. The Balaban J connectivity index is 2.29. The number of benzene rings is 1. The molecule has 2 heterocycles. The van der Waals surface area contributed by atoms with Gasteiger partial charge < -0.3 is 4.74 Å². The molecule has 0 aliphatic carbocycles. The summed E-state index contributed by atoms with van der Waals surface area (Å²) in [5.41, 5.74) is 3.70. The van der Waals surface area contributed by atoms with Crippen LogP contribution in [-0.4, -0.2) is 22.1 Å². The van der Waals surface area contributed by atoms with E-state index in [2.05, 4.69) is 11.9 Å². The van der Waals surface area contributed by atoms with E-state index >= 15 is 0 Å². The van der Waals surface area contributed by atoms with Crippen molar-refractivity contribution in [3.8, 4) is 28.5 Å². The van der Waals surface area contributed by atoms with Crippen LogP contribution in [0.2, 0.25) is 0 Å². The molecule has 0 unspecified atom stereocenters. The molecule has 1 aromatic carbocycles. The van der Waals surface area contributed by atoms with Gasteiger partial charge in [0.1, 0.15) is 11.4 Å². The fourth-order valence-electron chi connectivity index (χ4n) is 2.90. The van der Waals surface area contributed by atoms with Crippen molar-refractivity contribution in [2.75, 3.05) is 7.11 Å². The maximum Gasteiger partial charge on any atom is 0.179 e. The van der Waals surface area contributed by atoms with Gasteiger partial charge in [0.25, 0.3) is 0 Å². The highest BCUT2D eigenvalue weighted by Gasteiger charge is 2.11. The molecule has 0 aliphatic heterocycles. The fraction of sp³-hybridized carbons (Fsp3) is 0.227. The van der Waals surface area contributed by atoms with E-state index in [9.17, 15) is 0 Å². The lowest BCUT2D eigenvalue weighted by atomic mass is 10.1. The standard InChI is InChI=1S/C22H23N3O/c1-5-16-11-9-13-20(23-16)22-24-19(7-3)18(6-2)21(25-22)15-10-8-12-17(14-15)26-4/h6-14H,5H2,1-4H3/b18-6+,19-7+. The molecule has 0 bridgehead atoms. The van der Waals surface area contributed by atoms with Crippen molar-refractivity contribution >= 4 is 12.2 Å². The highest BCUT2D eigenvalue weighted by molar-refractivity contribution is 5.65. The van der Waals surface area contributed by atoms with Crippen LogP contribution in [0.25, 0.3) is 34.9 Å². The Morgan fingerprint density at radius 1 is 0.962 bits per heavy atom. The second kappa shape index (κ2) is 7.91. The molecular weight excluding hydrogens is 322 g/mol. The van der Waals surface area contributed by atoms with Gasteiger partial charge in [0.05, 0.1) is 18.2 Å². The molecule has 2 aromatic heterocycles. The molecule has 4 heteroatoms. The van der Waals surface area contributed by atoms with E-state index in [0.717, 1.165) is 45.4 Å². The van der Waals surface area contributed by atoms with Crippen LogP contribution in [0, 0.1) is 0 Å². The highest BCUT2D eigenvalue weighted by atomic mass is 16.5. The van der Waals surface area contributed by atoms with Crippen LogP contribution in [0.4, 0.5) is 0 Å². The Morgan fingerprint density at radius 3 is 2.46 bits per heavy atom. The van der Waals surface area contributed by atoms with E-state index in [-0.39, 0.29) is 0 Å². The Labute approximate surface area is 153 Å². The molecule has 132 valence electrons. The van der Waals surface area contributed by atoms with E-state index in [4.69, 9.17) is 14.7 Å². The molecular formula is C22H23N3O. The SMILES string of the molecule is C/C=c1/c(-c2cccc(OC)c2)nc(-c2cccc(CC)n2)n/c1=C/C. The van der Waals surface area contributed by atoms with Gasteiger partial charge in [0, 0.05) is 16.5 Å². The molecule has 3 aromatic rings. The summed E-state index contributed by atoms with van der Waals surface area (Å²) in [5, 5.41) is 1.91. The molecule has 4 nitrogen and oxygen atoms in total. The molecule has 0 spiro atoms. The Bertz CT molecular complexity index is 1040. The molecule has 26 heavy (non-hydrogen) atoms. The minimum Gasteiger partial charge on any atom is -0.497 e. The summed E-state index contributed by atoms with van der Waals surface area (Å²) in [7, 11) is 1.67. The third-order valence-electron chi connectivity index (χ3n) is 4.28. The van der Waals surface area contributed by atoms with Crippen LogP contribution in [0.3, 0.4) is 0 Å². The fourth-order valence-corrected chi connectivity index (χ4v) is 2.90. The smallest absolute Gasteiger partial charge is 0.179 e. The van der Waals surface area contributed by atoms with Gasteiger partial charge in [0.2, 0.25) is 0 Å². The minimum atomic E-state index is 0.636. The zero-order chi connectivity index (χ0) is 18.5. The Hall–Kier alpha value is -3.01. The van der Waals surface area contributed by atoms with Gasteiger partial charge in [-0.1, -0.05) is 37.3 Å². The van der Waals surface area contributed by atoms with Crippen LogP contribution < -0.4 is 15.3 Å². The number of ether oxygens (including phenoxy) is 1. The van der Waals surface area contributed by atoms with Gasteiger partial charge in [-0.2, -0.15) is 0 Å². The maximum atomic E-state index is 5.38. The summed E-state index contributed by atoms with van der Waals surface area (Å²) in [4.78, 5) is 14.3. The number of rotatable bonds is 4. The van der Waals surface area contributed by atoms with Gasteiger partial charge in [-0.3, -0.25) is 0 Å². The molecule has 0 aliphatic rings. The number of nitrogens with zero attached hydrogens (tertiary/aromatic N) is 3. The van der Waals surface area contributed by atoms with Gasteiger partial charge in [0.15, 0.2) is 5.82 Å². The Morgan fingerprint density at radius 2 is 1.77 bits per heavy atom. The first-order valence-corrected chi connectivity index (χ1v) is 8.81. The van der Waals surface area contributed by atoms with Crippen LogP contribution >= 0.6 is 0 Å².